The third-order valence-electron chi connectivity index (χ3n) is 4.14. The zero-order valence-corrected chi connectivity index (χ0v) is 14.6. The SMILES string of the molecule is C[C@H](C(=O)Nc1nc(-c2ccc3c(c2)CCC3)cs1)S(C)(=O)=O. The molecular weight excluding hydrogens is 332 g/mol. The Morgan fingerprint density at radius 3 is 2.78 bits per heavy atom. The van der Waals surface area contributed by atoms with Gasteiger partial charge in [0.1, 0.15) is 5.25 Å². The van der Waals surface area contributed by atoms with E-state index in [0.717, 1.165) is 30.4 Å². The quantitative estimate of drug-likeness (QED) is 0.920. The van der Waals surface area contributed by atoms with Gasteiger partial charge in [-0.25, -0.2) is 13.4 Å². The number of hydrogen-bond acceptors (Lipinski definition) is 5. The number of nitrogens with zero attached hydrogens (tertiary/aromatic N) is 1. The molecule has 1 aliphatic rings. The van der Waals surface area contributed by atoms with Gasteiger partial charge >= 0.3 is 0 Å². The van der Waals surface area contributed by atoms with Gasteiger partial charge in [-0.2, -0.15) is 0 Å². The Kier molecular flexibility index (Phi) is 4.25. The highest BCUT2D eigenvalue weighted by Crippen LogP contribution is 2.30. The van der Waals surface area contributed by atoms with Crippen LogP contribution in [0, 0.1) is 0 Å². The van der Waals surface area contributed by atoms with Crippen LogP contribution >= 0.6 is 11.3 Å². The standard InChI is InChI=1S/C16H18N2O3S2/c1-10(23(2,20)21)15(19)18-16-17-14(9-22-16)13-7-6-11-4-3-5-12(11)8-13/h6-10H,3-5H2,1-2H3,(H,17,18,19)/t10-/m1/s1. The first-order valence-corrected chi connectivity index (χ1v) is 10.3. The number of sulfone groups is 1. The molecule has 0 aliphatic heterocycles. The van der Waals surface area contributed by atoms with Crippen LogP contribution < -0.4 is 5.32 Å². The second-order valence-corrected chi connectivity index (χ2v) is 9.06. The number of nitrogens with one attached hydrogen (secondary N) is 1. The minimum Gasteiger partial charge on any atom is -0.301 e. The lowest BCUT2D eigenvalue weighted by Gasteiger charge is -2.08. The van der Waals surface area contributed by atoms with Crippen molar-refractivity contribution >= 4 is 32.2 Å². The topological polar surface area (TPSA) is 76.1 Å². The van der Waals surface area contributed by atoms with Crippen molar-refractivity contribution in [3.63, 3.8) is 0 Å². The molecular formula is C16H18N2O3S2. The second kappa shape index (κ2) is 6.05. The van der Waals surface area contributed by atoms with Gasteiger partial charge in [0.15, 0.2) is 15.0 Å². The van der Waals surface area contributed by atoms with Gasteiger partial charge in [0.05, 0.1) is 5.69 Å². The van der Waals surface area contributed by atoms with Crippen molar-refractivity contribution in [1.29, 1.82) is 0 Å². The van der Waals surface area contributed by atoms with Crippen LogP contribution in [0.2, 0.25) is 0 Å². The molecule has 0 saturated heterocycles. The Morgan fingerprint density at radius 1 is 1.30 bits per heavy atom. The van der Waals surface area contributed by atoms with Crippen LogP contribution in [0.15, 0.2) is 23.6 Å². The summed E-state index contributed by atoms with van der Waals surface area (Å²) in [7, 11) is -3.41. The summed E-state index contributed by atoms with van der Waals surface area (Å²) in [6.45, 7) is 1.37. The van der Waals surface area contributed by atoms with Crippen LogP contribution in [0.25, 0.3) is 11.3 Å². The monoisotopic (exact) mass is 350 g/mol. The average Bonchev–Trinajstić information content (AvgIpc) is 3.13. The van der Waals surface area contributed by atoms with Crippen molar-refractivity contribution in [3.05, 3.63) is 34.7 Å². The zero-order chi connectivity index (χ0) is 16.6. The van der Waals surface area contributed by atoms with Crippen molar-refractivity contribution in [3.8, 4) is 11.3 Å². The Hall–Kier alpha value is -1.73. The van der Waals surface area contributed by atoms with Crippen LogP contribution in [-0.4, -0.2) is 30.8 Å². The highest BCUT2D eigenvalue weighted by Gasteiger charge is 2.24. The van der Waals surface area contributed by atoms with E-state index in [1.54, 1.807) is 0 Å². The minimum atomic E-state index is -3.41. The Labute approximate surface area is 139 Å². The Balaban J connectivity index is 1.77. The molecule has 0 fully saturated rings. The summed E-state index contributed by atoms with van der Waals surface area (Å²) in [6.07, 6.45) is 4.48. The summed E-state index contributed by atoms with van der Waals surface area (Å²) in [4.78, 5) is 16.3. The highest BCUT2D eigenvalue weighted by molar-refractivity contribution is 7.92. The smallest absolute Gasteiger partial charge is 0.244 e. The van der Waals surface area contributed by atoms with E-state index in [1.807, 2.05) is 11.4 Å². The average molecular weight is 350 g/mol. The van der Waals surface area contributed by atoms with Crippen molar-refractivity contribution in [2.24, 2.45) is 0 Å². The third kappa shape index (κ3) is 3.45. The summed E-state index contributed by atoms with van der Waals surface area (Å²) in [5.74, 6) is -0.553. The molecule has 0 bridgehead atoms. The maximum absolute atomic E-state index is 11.9. The van der Waals surface area contributed by atoms with Crippen molar-refractivity contribution < 1.29 is 13.2 Å². The van der Waals surface area contributed by atoms with Gasteiger partial charge in [-0.15, -0.1) is 11.3 Å². The number of carbonyl (C=O) groups is 1. The first-order chi connectivity index (χ1) is 10.8. The van der Waals surface area contributed by atoms with Crippen LogP contribution in [0.5, 0.6) is 0 Å². The summed E-state index contributed by atoms with van der Waals surface area (Å²) < 4.78 is 22.8. The zero-order valence-electron chi connectivity index (χ0n) is 13.0. The van der Waals surface area contributed by atoms with Crippen molar-refractivity contribution in [2.75, 3.05) is 11.6 Å². The number of carbonyl (C=O) groups excluding carboxylic acids is 1. The van der Waals surface area contributed by atoms with Gasteiger partial charge in [-0.1, -0.05) is 12.1 Å². The van der Waals surface area contributed by atoms with Crippen LogP contribution in [0.1, 0.15) is 24.5 Å². The summed E-state index contributed by atoms with van der Waals surface area (Å²) in [6, 6.07) is 6.34. The van der Waals surface area contributed by atoms with E-state index >= 15 is 0 Å². The fourth-order valence-electron chi connectivity index (χ4n) is 2.60. The molecule has 23 heavy (non-hydrogen) atoms. The molecule has 1 aliphatic carbocycles. The molecule has 1 aromatic carbocycles. The number of aromatic nitrogens is 1. The number of anilines is 1. The normalized spacial score (nSPS) is 15.2. The molecule has 1 atom stereocenters. The van der Waals surface area contributed by atoms with E-state index in [-0.39, 0.29) is 0 Å². The van der Waals surface area contributed by atoms with E-state index in [4.69, 9.17) is 0 Å². The molecule has 2 aromatic rings. The molecule has 7 heteroatoms. The number of aryl methyl sites for hydroxylation is 2. The second-order valence-electron chi connectivity index (χ2n) is 5.84. The van der Waals surface area contributed by atoms with E-state index in [2.05, 4.69) is 22.4 Å². The Bertz CT molecular complexity index is 856. The third-order valence-corrected chi connectivity index (χ3v) is 6.40. The summed E-state index contributed by atoms with van der Waals surface area (Å²) in [5, 5.41) is 3.78. The van der Waals surface area contributed by atoms with Crippen LogP contribution in [0.4, 0.5) is 5.13 Å². The number of fused-ring (bicyclic) bond motifs is 1. The number of thiazole rings is 1. The Morgan fingerprint density at radius 2 is 2.04 bits per heavy atom. The number of benzene rings is 1. The molecule has 0 spiro atoms. The van der Waals surface area contributed by atoms with Gasteiger partial charge in [-0.3, -0.25) is 4.79 Å². The molecule has 1 N–H and O–H groups in total. The molecule has 0 radical (unpaired) electrons. The fourth-order valence-corrected chi connectivity index (χ4v) is 3.77. The van der Waals surface area contributed by atoms with Crippen LogP contribution in [0.3, 0.4) is 0 Å². The maximum Gasteiger partial charge on any atom is 0.244 e. The predicted molar refractivity (Wildman–Crippen MR) is 92.5 cm³/mol. The fraction of sp³-hybridized carbons (Fsp3) is 0.375. The molecule has 1 heterocycles. The molecule has 0 unspecified atom stereocenters. The molecule has 5 nitrogen and oxygen atoms in total. The highest BCUT2D eigenvalue weighted by atomic mass is 32.2. The molecule has 3 rings (SSSR count). The molecule has 122 valence electrons. The molecule has 1 aromatic heterocycles. The van der Waals surface area contributed by atoms with E-state index in [1.165, 1.54) is 35.8 Å². The maximum atomic E-state index is 11.9. The van der Waals surface area contributed by atoms with E-state index in [0.29, 0.717) is 5.13 Å². The van der Waals surface area contributed by atoms with Gasteiger partial charge in [0, 0.05) is 17.2 Å². The first kappa shape index (κ1) is 16.1. The van der Waals surface area contributed by atoms with E-state index < -0.39 is 21.0 Å². The van der Waals surface area contributed by atoms with Gasteiger partial charge < -0.3 is 5.32 Å². The number of hydrogen-bond donors (Lipinski definition) is 1. The lowest BCUT2D eigenvalue weighted by atomic mass is 10.1. The predicted octanol–water partition coefficient (Wildman–Crippen LogP) is 2.67. The lowest BCUT2D eigenvalue weighted by molar-refractivity contribution is -0.115. The number of rotatable bonds is 4. The summed E-state index contributed by atoms with van der Waals surface area (Å²) >= 11 is 1.30. The first-order valence-electron chi connectivity index (χ1n) is 7.42. The van der Waals surface area contributed by atoms with Crippen molar-refractivity contribution in [2.45, 2.75) is 31.4 Å². The summed E-state index contributed by atoms with van der Waals surface area (Å²) in [5.41, 5.74) is 4.59. The number of amides is 1. The van der Waals surface area contributed by atoms with Crippen molar-refractivity contribution in [1.82, 2.24) is 4.98 Å². The van der Waals surface area contributed by atoms with E-state index in [9.17, 15) is 13.2 Å². The molecule has 0 saturated carbocycles. The largest absolute Gasteiger partial charge is 0.301 e. The van der Waals surface area contributed by atoms with Gasteiger partial charge in [0.25, 0.3) is 0 Å². The van der Waals surface area contributed by atoms with Crippen LogP contribution in [-0.2, 0) is 27.5 Å². The van der Waals surface area contributed by atoms with Gasteiger partial charge in [-0.05, 0) is 43.4 Å². The lowest BCUT2D eigenvalue weighted by Crippen LogP contribution is -2.31. The minimum absolute atomic E-state index is 0.418. The van der Waals surface area contributed by atoms with Gasteiger partial charge in [0.2, 0.25) is 5.91 Å². The molecule has 1 amide bonds.